The molecule has 1 unspecified atom stereocenters. The topological polar surface area (TPSA) is 62.4 Å². The fraction of sp³-hybridized carbons (Fsp3) is 0.250. The van der Waals surface area contributed by atoms with Crippen molar-refractivity contribution in [1.82, 2.24) is 4.98 Å². The van der Waals surface area contributed by atoms with Crippen LogP contribution >= 0.6 is 0 Å². The lowest BCUT2D eigenvalue weighted by atomic mass is 9.96. The summed E-state index contributed by atoms with van der Waals surface area (Å²) in [4.78, 5) is 6.32. The average Bonchev–Trinajstić information content (AvgIpc) is 3.00. The molecule has 0 spiro atoms. The number of nitrogens with two attached hydrogens (primary N) is 1. The Hall–Kier alpha value is -2.66. The Morgan fingerprint density at radius 2 is 2.12 bits per heavy atom. The van der Waals surface area contributed by atoms with Gasteiger partial charge in [0.1, 0.15) is 11.6 Å². The summed E-state index contributed by atoms with van der Waals surface area (Å²) in [5.41, 5.74) is 9.13. The van der Waals surface area contributed by atoms with E-state index in [1.807, 2.05) is 31.2 Å². The van der Waals surface area contributed by atoms with Gasteiger partial charge in [-0.15, -0.1) is 0 Å². The molecule has 3 aromatic rings. The molecule has 1 aliphatic rings. The number of aryl methyl sites for hydroxylation is 1. The number of β-amino-alcohol motifs (C(OH)–C–C–N with tert-alkyl or cyclic N) is 1. The molecule has 1 aliphatic heterocycles. The van der Waals surface area contributed by atoms with Crippen LogP contribution in [0.1, 0.15) is 12.0 Å². The first kappa shape index (κ1) is 15.8. The number of anilines is 2. The fourth-order valence-electron chi connectivity index (χ4n) is 3.62. The summed E-state index contributed by atoms with van der Waals surface area (Å²) in [5.74, 6) is 0.207. The van der Waals surface area contributed by atoms with Gasteiger partial charge < -0.3 is 15.7 Å². The first-order valence-electron chi connectivity index (χ1n) is 8.40. The van der Waals surface area contributed by atoms with Crippen LogP contribution in [0, 0.1) is 12.7 Å². The zero-order valence-electron chi connectivity index (χ0n) is 14.0. The smallest absolute Gasteiger partial charge is 0.131 e. The number of rotatable bonds is 2. The Labute approximate surface area is 145 Å². The summed E-state index contributed by atoms with van der Waals surface area (Å²) >= 11 is 0. The maximum absolute atomic E-state index is 14.5. The van der Waals surface area contributed by atoms with E-state index in [0.29, 0.717) is 17.9 Å². The van der Waals surface area contributed by atoms with Crippen LogP contribution < -0.4 is 10.6 Å². The van der Waals surface area contributed by atoms with Crippen LogP contribution in [0.25, 0.3) is 21.9 Å². The number of nitrogen functional groups attached to an aromatic ring is 1. The van der Waals surface area contributed by atoms with Crippen LogP contribution in [-0.2, 0) is 0 Å². The monoisotopic (exact) mass is 337 g/mol. The van der Waals surface area contributed by atoms with Crippen LogP contribution in [-0.4, -0.2) is 29.3 Å². The molecule has 25 heavy (non-hydrogen) atoms. The van der Waals surface area contributed by atoms with Gasteiger partial charge in [0.25, 0.3) is 0 Å². The van der Waals surface area contributed by atoms with Gasteiger partial charge >= 0.3 is 0 Å². The molecule has 4 rings (SSSR count). The number of hydrogen-bond donors (Lipinski definition) is 2. The molecular formula is C20H20FN3O. The second kappa shape index (κ2) is 6.01. The molecule has 0 aliphatic carbocycles. The highest BCUT2D eigenvalue weighted by Gasteiger charge is 2.23. The number of pyridine rings is 1. The van der Waals surface area contributed by atoms with Crippen LogP contribution in [0.2, 0.25) is 0 Å². The van der Waals surface area contributed by atoms with Gasteiger partial charge in [-0.3, -0.25) is 0 Å². The number of benzene rings is 2. The summed E-state index contributed by atoms with van der Waals surface area (Å²) in [6.45, 7) is 3.23. The normalized spacial score (nSPS) is 17.4. The number of aromatic nitrogens is 1. The number of fused-ring (bicyclic) bond motifs is 1. The van der Waals surface area contributed by atoms with E-state index in [0.717, 1.165) is 40.6 Å². The largest absolute Gasteiger partial charge is 0.391 e. The SMILES string of the molecule is Cc1cccc(F)c1-c1cc(N2CCC(O)C2)c2cc(N)ncc2c1. The van der Waals surface area contributed by atoms with E-state index in [2.05, 4.69) is 9.88 Å². The van der Waals surface area contributed by atoms with E-state index in [4.69, 9.17) is 5.73 Å². The maximum atomic E-state index is 14.5. The second-order valence-electron chi connectivity index (χ2n) is 6.65. The molecular weight excluding hydrogens is 317 g/mol. The van der Waals surface area contributed by atoms with Crippen LogP contribution in [0.5, 0.6) is 0 Å². The minimum absolute atomic E-state index is 0.241. The fourth-order valence-corrected chi connectivity index (χ4v) is 3.62. The van der Waals surface area contributed by atoms with Crippen molar-refractivity contribution in [3.05, 3.63) is 54.0 Å². The van der Waals surface area contributed by atoms with Gasteiger partial charge in [0.15, 0.2) is 0 Å². The molecule has 0 bridgehead atoms. The lowest BCUT2D eigenvalue weighted by Gasteiger charge is -2.22. The van der Waals surface area contributed by atoms with Crippen molar-refractivity contribution in [2.24, 2.45) is 0 Å². The van der Waals surface area contributed by atoms with Gasteiger partial charge in [-0.1, -0.05) is 12.1 Å². The minimum Gasteiger partial charge on any atom is -0.391 e. The summed E-state index contributed by atoms with van der Waals surface area (Å²) < 4.78 is 14.5. The van der Waals surface area contributed by atoms with Gasteiger partial charge in [-0.2, -0.15) is 0 Å². The number of hydrogen-bond acceptors (Lipinski definition) is 4. The predicted molar refractivity (Wildman–Crippen MR) is 99.1 cm³/mol. The van der Waals surface area contributed by atoms with Crippen molar-refractivity contribution in [1.29, 1.82) is 0 Å². The zero-order chi connectivity index (χ0) is 17.6. The van der Waals surface area contributed by atoms with Gasteiger partial charge in [0.2, 0.25) is 0 Å². The average molecular weight is 337 g/mol. The number of nitrogens with zero attached hydrogens (tertiary/aromatic N) is 2. The molecule has 0 radical (unpaired) electrons. The lowest BCUT2D eigenvalue weighted by Crippen LogP contribution is -2.21. The summed E-state index contributed by atoms with van der Waals surface area (Å²) in [7, 11) is 0. The summed E-state index contributed by atoms with van der Waals surface area (Å²) in [5, 5.41) is 11.8. The molecule has 1 aromatic heterocycles. The van der Waals surface area contributed by atoms with Crippen molar-refractivity contribution in [3.63, 3.8) is 0 Å². The van der Waals surface area contributed by atoms with Gasteiger partial charge in [0, 0.05) is 41.3 Å². The third-order valence-electron chi connectivity index (χ3n) is 4.85. The number of aliphatic hydroxyl groups is 1. The van der Waals surface area contributed by atoms with Crippen LogP contribution in [0.4, 0.5) is 15.9 Å². The van der Waals surface area contributed by atoms with E-state index in [-0.39, 0.29) is 11.9 Å². The molecule has 2 heterocycles. The Kier molecular flexibility index (Phi) is 3.81. The molecule has 5 heteroatoms. The Morgan fingerprint density at radius 1 is 1.28 bits per heavy atom. The van der Waals surface area contributed by atoms with Crippen molar-refractivity contribution in [3.8, 4) is 11.1 Å². The van der Waals surface area contributed by atoms with E-state index in [9.17, 15) is 9.50 Å². The highest BCUT2D eigenvalue weighted by molar-refractivity contribution is 5.99. The molecule has 0 saturated carbocycles. The zero-order valence-corrected chi connectivity index (χ0v) is 14.0. The molecule has 1 fully saturated rings. The Morgan fingerprint density at radius 3 is 2.84 bits per heavy atom. The van der Waals surface area contributed by atoms with E-state index < -0.39 is 0 Å². The van der Waals surface area contributed by atoms with Gasteiger partial charge in [-0.05, 0) is 48.7 Å². The van der Waals surface area contributed by atoms with E-state index in [1.165, 1.54) is 6.07 Å². The third-order valence-corrected chi connectivity index (χ3v) is 4.85. The highest BCUT2D eigenvalue weighted by atomic mass is 19.1. The maximum Gasteiger partial charge on any atom is 0.131 e. The van der Waals surface area contributed by atoms with Crippen LogP contribution in [0.3, 0.4) is 0 Å². The molecule has 2 aromatic carbocycles. The second-order valence-corrected chi connectivity index (χ2v) is 6.65. The molecule has 1 atom stereocenters. The van der Waals surface area contributed by atoms with Gasteiger partial charge in [0.05, 0.1) is 6.10 Å². The minimum atomic E-state index is -0.340. The van der Waals surface area contributed by atoms with E-state index in [1.54, 1.807) is 12.3 Å². The lowest BCUT2D eigenvalue weighted by molar-refractivity contribution is 0.198. The molecule has 128 valence electrons. The van der Waals surface area contributed by atoms with Crippen molar-refractivity contribution in [2.75, 3.05) is 23.7 Å². The molecule has 0 amide bonds. The molecule has 3 N–H and O–H groups in total. The number of aliphatic hydroxyl groups excluding tert-OH is 1. The Balaban J connectivity index is 1.97. The standard InChI is InChI=1S/C20H20FN3O/c1-12-3-2-4-17(21)20(12)13-7-14-10-23-19(22)9-16(14)18(8-13)24-6-5-15(25)11-24/h2-4,7-10,15,25H,5-6,11H2,1H3,(H2,22,23). The van der Waals surface area contributed by atoms with Crippen molar-refractivity contribution >= 4 is 22.3 Å². The highest BCUT2D eigenvalue weighted by Crippen LogP contribution is 2.37. The van der Waals surface area contributed by atoms with Gasteiger partial charge in [-0.25, -0.2) is 9.37 Å². The first-order valence-corrected chi connectivity index (χ1v) is 8.40. The number of halogens is 1. The molecule has 1 saturated heterocycles. The summed E-state index contributed by atoms with van der Waals surface area (Å²) in [6, 6.07) is 10.9. The quantitative estimate of drug-likeness (QED) is 0.751. The summed E-state index contributed by atoms with van der Waals surface area (Å²) in [6.07, 6.45) is 2.11. The molecule has 4 nitrogen and oxygen atoms in total. The first-order chi connectivity index (χ1) is 12.0. The van der Waals surface area contributed by atoms with Crippen LogP contribution in [0.15, 0.2) is 42.6 Å². The third kappa shape index (κ3) is 2.81. The predicted octanol–water partition coefficient (Wildman–Crippen LogP) is 3.50. The Bertz CT molecular complexity index is 937. The van der Waals surface area contributed by atoms with Crippen molar-refractivity contribution < 1.29 is 9.50 Å². The van der Waals surface area contributed by atoms with Crippen molar-refractivity contribution in [2.45, 2.75) is 19.4 Å². The van der Waals surface area contributed by atoms with E-state index >= 15 is 0 Å².